The van der Waals surface area contributed by atoms with Crippen molar-refractivity contribution in [2.24, 2.45) is 0 Å². The van der Waals surface area contributed by atoms with Crippen molar-refractivity contribution in [2.45, 2.75) is 149 Å². The molecule has 0 bridgehead atoms. The van der Waals surface area contributed by atoms with E-state index in [4.69, 9.17) is 28.4 Å². The maximum absolute atomic E-state index is 14.2. The van der Waals surface area contributed by atoms with Gasteiger partial charge in [0.05, 0.1) is 18.8 Å². The zero-order valence-corrected chi connectivity index (χ0v) is 44.0. The Morgan fingerprint density at radius 1 is 0.387 bits per heavy atom. The van der Waals surface area contributed by atoms with Crippen molar-refractivity contribution in [2.75, 3.05) is 13.2 Å². The Labute approximate surface area is 444 Å². The third kappa shape index (κ3) is 19.2. The van der Waals surface area contributed by atoms with Gasteiger partial charge in [-0.05, 0) is 95.8 Å². The van der Waals surface area contributed by atoms with Crippen molar-refractivity contribution < 1.29 is 53.0 Å². The Morgan fingerprint density at radius 2 is 0.840 bits per heavy atom. The number of carboxylic acid groups (broad SMARTS) is 2. The molecule has 0 aromatic heterocycles. The fourth-order valence-electron chi connectivity index (χ4n) is 9.21. The van der Waals surface area contributed by atoms with E-state index in [1.807, 2.05) is 66.7 Å². The van der Waals surface area contributed by atoms with Crippen LogP contribution in [0.3, 0.4) is 0 Å². The van der Waals surface area contributed by atoms with Crippen molar-refractivity contribution in [1.82, 2.24) is 0 Å². The molecule has 6 aromatic carbocycles. The molecule has 398 valence electrons. The lowest BCUT2D eigenvalue weighted by Gasteiger charge is -2.22. The molecule has 0 spiro atoms. The number of ether oxygens (including phenoxy) is 6. The van der Waals surface area contributed by atoms with Crippen LogP contribution in [0.5, 0.6) is 34.5 Å². The van der Waals surface area contributed by atoms with Crippen LogP contribution in [0.4, 0.5) is 9.59 Å². The van der Waals surface area contributed by atoms with Gasteiger partial charge in [0.2, 0.25) is 0 Å². The minimum atomic E-state index is -1.58. The average Bonchev–Trinajstić information content (AvgIpc) is 3.42. The van der Waals surface area contributed by atoms with Crippen molar-refractivity contribution in [3.8, 4) is 67.9 Å². The number of carbonyl (C=O) groups is 3. The van der Waals surface area contributed by atoms with Crippen molar-refractivity contribution in [1.29, 1.82) is 0 Å². The highest BCUT2D eigenvalue weighted by molar-refractivity contribution is 6.01. The number of hydrogen-bond donors (Lipinski definition) is 2. The summed E-state index contributed by atoms with van der Waals surface area (Å²) in [7, 11) is 0. The Bertz CT molecular complexity index is 2640. The van der Waals surface area contributed by atoms with Crippen LogP contribution in [-0.4, -0.2) is 41.7 Å². The first kappa shape index (κ1) is 57.0. The number of benzene rings is 6. The number of unbranched alkanes of at least 4 members (excludes halogenated alkanes) is 18. The summed E-state index contributed by atoms with van der Waals surface area (Å²) in [6.07, 6.45) is 21.2. The number of hydrogen-bond acceptors (Lipinski definition) is 9. The third-order valence-electron chi connectivity index (χ3n) is 13.2. The monoisotopic (exact) mass is 1020 g/mol. The predicted octanol–water partition coefficient (Wildman–Crippen LogP) is 18.2. The third-order valence-corrected chi connectivity index (χ3v) is 13.2. The van der Waals surface area contributed by atoms with Crippen LogP contribution in [0.2, 0.25) is 0 Å². The second kappa shape index (κ2) is 32.1. The molecule has 0 aliphatic rings. The van der Waals surface area contributed by atoms with E-state index in [-0.39, 0.29) is 28.4 Å². The first-order valence-electron chi connectivity index (χ1n) is 27.3. The fraction of sp³-hybridized carbons (Fsp3) is 0.391. The van der Waals surface area contributed by atoms with Gasteiger partial charge >= 0.3 is 18.3 Å². The van der Waals surface area contributed by atoms with Crippen LogP contribution < -0.4 is 28.4 Å². The summed E-state index contributed by atoms with van der Waals surface area (Å²) < 4.78 is 35.6. The minimum absolute atomic E-state index is 0.0169. The fourth-order valence-corrected chi connectivity index (χ4v) is 9.21. The number of esters is 1. The second-order valence-corrected chi connectivity index (χ2v) is 19.0. The molecule has 11 nitrogen and oxygen atoms in total. The van der Waals surface area contributed by atoms with Gasteiger partial charge in [0.1, 0.15) is 41.1 Å². The molecule has 0 atom stereocenters. The zero-order chi connectivity index (χ0) is 52.9. The molecule has 0 unspecified atom stereocenters. The molecular weight excluding hydrogens is 945 g/mol. The van der Waals surface area contributed by atoms with E-state index in [9.17, 15) is 24.6 Å². The van der Waals surface area contributed by atoms with Gasteiger partial charge < -0.3 is 38.6 Å². The van der Waals surface area contributed by atoms with Crippen molar-refractivity contribution in [3.63, 3.8) is 0 Å². The van der Waals surface area contributed by atoms with E-state index in [2.05, 4.69) is 13.8 Å². The zero-order valence-electron chi connectivity index (χ0n) is 44.0. The minimum Gasteiger partial charge on any atom is -0.494 e. The van der Waals surface area contributed by atoms with Crippen LogP contribution in [0.15, 0.2) is 133 Å². The molecule has 0 saturated carbocycles. The van der Waals surface area contributed by atoms with Gasteiger partial charge in [0.25, 0.3) is 0 Å². The normalized spacial score (nSPS) is 11.0. The molecule has 6 aromatic rings. The number of rotatable bonds is 34. The molecule has 0 radical (unpaired) electrons. The van der Waals surface area contributed by atoms with Crippen LogP contribution in [0.25, 0.3) is 33.4 Å². The highest BCUT2D eigenvalue weighted by Crippen LogP contribution is 2.50. The Morgan fingerprint density at radius 3 is 1.35 bits per heavy atom. The van der Waals surface area contributed by atoms with Crippen LogP contribution >= 0.6 is 0 Å². The first-order chi connectivity index (χ1) is 36.7. The molecule has 0 aliphatic carbocycles. The van der Waals surface area contributed by atoms with E-state index in [1.54, 1.807) is 48.5 Å². The lowest BCUT2D eigenvalue weighted by atomic mass is 9.87. The van der Waals surface area contributed by atoms with E-state index in [0.29, 0.717) is 64.9 Å². The summed E-state index contributed by atoms with van der Waals surface area (Å²) in [4.78, 5) is 39.0. The summed E-state index contributed by atoms with van der Waals surface area (Å²) in [5.74, 6) is 0.996. The standard InChI is InChI=1S/C64H76O11/c1-3-5-7-9-11-13-15-17-19-24-44-70-52-38-34-49(35-39-52)59-55(32-27-33-56(59)74-63(66)67)61-58(75-64(68)69)43-42-57(73-62(65)51-30-26-31-54(46-51)72-47-48-28-22-21-23-29-48)60(61)50-36-40-53(41-37-50)71-45-25-20-18-16-14-12-10-8-6-4-2/h21-23,26-43,46H,3-20,24-25,44-45,47H2,1-2H3,(H,66,67)(H,68,69). The molecule has 11 heteroatoms. The van der Waals surface area contributed by atoms with Crippen LogP contribution in [0.1, 0.15) is 158 Å². The van der Waals surface area contributed by atoms with Gasteiger partial charge in [-0.25, -0.2) is 14.4 Å². The summed E-state index contributed by atoms with van der Waals surface area (Å²) in [5, 5.41) is 20.2. The van der Waals surface area contributed by atoms with Gasteiger partial charge in [-0.3, -0.25) is 0 Å². The maximum Gasteiger partial charge on any atom is 0.511 e. The van der Waals surface area contributed by atoms with Crippen LogP contribution in [-0.2, 0) is 6.61 Å². The molecule has 0 aliphatic heterocycles. The van der Waals surface area contributed by atoms with Crippen LogP contribution in [0, 0.1) is 0 Å². The summed E-state index contributed by atoms with van der Waals surface area (Å²) in [5.41, 5.74) is 3.41. The van der Waals surface area contributed by atoms with Crippen molar-refractivity contribution >= 4 is 18.3 Å². The van der Waals surface area contributed by atoms with Gasteiger partial charge in [-0.2, -0.15) is 0 Å². The molecule has 0 fully saturated rings. The Balaban J connectivity index is 1.30. The van der Waals surface area contributed by atoms with E-state index < -0.39 is 18.3 Å². The highest BCUT2D eigenvalue weighted by Gasteiger charge is 2.27. The van der Waals surface area contributed by atoms with Gasteiger partial charge in [-0.15, -0.1) is 0 Å². The Hall–Kier alpha value is -7.27. The Kier molecular flexibility index (Phi) is 24.4. The predicted molar refractivity (Wildman–Crippen MR) is 297 cm³/mol. The lowest BCUT2D eigenvalue weighted by Crippen LogP contribution is -2.11. The summed E-state index contributed by atoms with van der Waals surface area (Å²) in [6.45, 7) is 5.86. The summed E-state index contributed by atoms with van der Waals surface area (Å²) >= 11 is 0. The largest absolute Gasteiger partial charge is 0.511 e. The molecule has 0 amide bonds. The molecule has 0 heterocycles. The number of carbonyl (C=O) groups excluding carboxylic acids is 1. The SMILES string of the molecule is CCCCCCCCCCCCOc1ccc(-c2c(OC(=O)O)cccc2-c2c(OC(=O)O)ccc(OC(=O)c3cccc(OCc4ccccc4)c3)c2-c2ccc(OCCCCCCCCCCCC)cc2)cc1. The molecule has 0 saturated heterocycles. The van der Waals surface area contributed by atoms with Gasteiger partial charge in [-0.1, -0.05) is 202 Å². The van der Waals surface area contributed by atoms with Gasteiger partial charge in [0.15, 0.2) is 0 Å². The first-order valence-corrected chi connectivity index (χ1v) is 27.3. The summed E-state index contributed by atoms with van der Waals surface area (Å²) in [6, 6.07) is 38.6. The van der Waals surface area contributed by atoms with Gasteiger partial charge in [0, 0.05) is 16.7 Å². The highest BCUT2D eigenvalue weighted by atomic mass is 16.7. The molecule has 2 N–H and O–H groups in total. The van der Waals surface area contributed by atoms with Crippen molar-refractivity contribution in [3.05, 3.63) is 145 Å². The average molecular weight is 1020 g/mol. The molecular formula is C64H76O11. The molecule has 6 rings (SSSR count). The van der Waals surface area contributed by atoms with E-state index >= 15 is 0 Å². The quantitative estimate of drug-likeness (QED) is 0.0172. The van der Waals surface area contributed by atoms with E-state index in [1.165, 1.54) is 115 Å². The topological polar surface area (TPSA) is 147 Å². The lowest BCUT2D eigenvalue weighted by molar-refractivity contribution is 0.0734. The van der Waals surface area contributed by atoms with E-state index in [0.717, 1.165) is 37.7 Å². The maximum atomic E-state index is 14.2. The second-order valence-electron chi connectivity index (χ2n) is 19.0. The smallest absolute Gasteiger partial charge is 0.494 e. The molecule has 75 heavy (non-hydrogen) atoms.